The smallest absolute Gasteiger partial charge is 0.344 e. The molecular formula is C21H23Cl2N3O4S. The van der Waals surface area contributed by atoms with Gasteiger partial charge in [-0.3, -0.25) is 4.79 Å². The SMILES string of the molecule is CC(=O)Nc1ccccc1NC(=S)Nc1cc(Cl)c(OCC(=O)OC(C)(C)C)c(Cl)c1. The number of halogens is 2. The highest BCUT2D eigenvalue weighted by molar-refractivity contribution is 7.80. The first-order chi connectivity index (χ1) is 14.4. The summed E-state index contributed by atoms with van der Waals surface area (Å²) in [7, 11) is 0. The second-order valence-corrected chi connectivity index (χ2v) is 8.67. The van der Waals surface area contributed by atoms with E-state index in [1.165, 1.54) is 6.92 Å². The molecule has 0 radical (unpaired) electrons. The molecule has 0 heterocycles. The Morgan fingerprint density at radius 3 is 2.06 bits per heavy atom. The van der Waals surface area contributed by atoms with Gasteiger partial charge in [-0.05, 0) is 57.3 Å². The van der Waals surface area contributed by atoms with E-state index in [2.05, 4.69) is 16.0 Å². The van der Waals surface area contributed by atoms with Crippen molar-refractivity contribution < 1.29 is 19.1 Å². The van der Waals surface area contributed by atoms with Crippen LogP contribution in [0.25, 0.3) is 0 Å². The number of hydrogen-bond donors (Lipinski definition) is 3. The topological polar surface area (TPSA) is 88.7 Å². The van der Waals surface area contributed by atoms with E-state index >= 15 is 0 Å². The van der Waals surface area contributed by atoms with Crippen LogP contribution < -0.4 is 20.7 Å². The number of amides is 1. The van der Waals surface area contributed by atoms with Crippen molar-refractivity contribution in [3.05, 3.63) is 46.4 Å². The number of esters is 1. The molecule has 0 saturated heterocycles. The Morgan fingerprint density at radius 1 is 1.00 bits per heavy atom. The lowest BCUT2D eigenvalue weighted by Crippen LogP contribution is -2.27. The summed E-state index contributed by atoms with van der Waals surface area (Å²) < 4.78 is 10.6. The summed E-state index contributed by atoms with van der Waals surface area (Å²) >= 11 is 17.9. The van der Waals surface area contributed by atoms with Crippen LogP contribution in [0, 0.1) is 0 Å². The van der Waals surface area contributed by atoms with E-state index in [1.54, 1.807) is 57.2 Å². The normalized spacial score (nSPS) is 10.8. The molecule has 0 atom stereocenters. The second-order valence-electron chi connectivity index (χ2n) is 7.45. The van der Waals surface area contributed by atoms with Crippen LogP contribution >= 0.6 is 35.4 Å². The molecule has 0 spiro atoms. The Hall–Kier alpha value is -2.55. The van der Waals surface area contributed by atoms with Gasteiger partial charge in [0.25, 0.3) is 0 Å². The minimum Gasteiger partial charge on any atom is -0.479 e. The quantitative estimate of drug-likeness (QED) is 0.370. The molecule has 2 aromatic carbocycles. The van der Waals surface area contributed by atoms with E-state index in [9.17, 15) is 9.59 Å². The maximum absolute atomic E-state index is 11.8. The minimum absolute atomic E-state index is 0.162. The molecule has 0 aliphatic rings. The monoisotopic (exact) mass is 483 g/mol. The van der Waals surface area contributed by atoms with Crippen molar-refractivity contribution in [2.24, 2.45) is 0 Å². The van der Waals surface area contributed by atoms with Gasteiger partial charge in [0.1, 0.15) is 5.60 Å². The predicted molar refractivity (Wildman–Crippen MR) is 128 cm³/mol. The average Bonchev–Trinajstić information content (AvgIpc) is 2.60. The molecule has 7 nitrogen and oxygen atoms in total. The highest BCUT2D eigenvalue weighted by atomic mass is 35.5. The van der Waals surface area contributed by atoms with Crippen molar-refractivity contribution in [3.63, 3.8) is 0 Å². The third-order valence-corrected chi connectivity index (χ3v) is 4.26. The fourth-order valence-electron chi connectivity index (χ4n) is 2.45. The average molecular weight is 484 g/mol. The van der Waals surface area contributed by atoms with E-state index in [-0.39, 0.29) is 33.4 Å². The van der Waals surface area contributed by atoms with E-state index in [0.717, 1.165) is 0 Å². The largest absolute Gasteiger partial charge is 0.479 e. The fraction of sp³-hybridized carbons (Fsp3) is 0.286. The highest BCUT2D eigenvalue weighted by Crippen LogP contribution is 2.36. The summed E-state index contributed by atoms with van der Waals surface area (Å²) in [5.41, 5.74) is 1.09. The molecule has 166 valence electrons. The number of benzene rings is 2. The molecule has 0 fully saturated rings. The van der Waals surface area contributed by atoms with Gasteiger partial charge in [0.05, 0.1) is 21.4 Å². The van der Waals surface area contributed by atoms with Gasteiger partial charge in [0.15, 0.2) is 17.5 Å². The first-order valence-corrected chi connectivity index (χ1v) is 10.4. The van der Waals surface area contributed by atoms with Gasteiger partial charge >= 0.3 is 5.97 Å². The maximum atomic E-state index is 11.8. The number of carbonyl (C=O) groups is 2. The number of carbonyl (C=O) groups excluding carboxylic acids is 2. The second kappa shape index (κ2) is 10.7. The van der Waals surface area contributed by atoms with Crippen LogP contribution in [0.3, 0.4) is 0 Å². The Bertz CT molecular complexity index is 970. The molecular weight excluding hydrogens is 461 g/mol. The van der Waals surface area contributed by atoms with Crippen molar-refractivity contribution in [2.75, 3.05) is 22.6 Å². The van der Waals surface area contributed by atoms with E-state index < -0.39 is 11.6 Å². The molecule has 1 amide bonds. The third kappa shape index (κ3) is 8.24. The highest BCUT2D eigenvalue weighted by Gasteiger charge is 2.18. The van der Waals surface area contributed by atoms with E-state index in [0.29, 0.717) is 17.1 Å². The fourth-order valence-corrected chi connectivity index (χ4v) is 3.27. The summed E-state index contributed by atoms with van der Waals surface area (Å²) in [6.45, 7) is 6.37. The number of rotatable bonds is 6. The molecule has 0 bridgehead atoms. The standard InChI is InChI=1S/C21H23Cl2N3O4S/c1-12(27)24-16-7-5-6-8-17(16)26-20(31)25-13-9-14(22)19(15(23)10-13)29-11-18(28)30-21(2,3)4/h5-10H,11H2,1-4H3,(H,24,27)(H2,25,26,31). The van der Waals surface area contributed by atoms with Crippen molar-refractivity contribution in [1.29, 1.82) is 0 Å². The van der Waals surface area contributed by atoms with Crippen LogP contribution in [0.15, 0.2) is 36.4 Å². The van der Waals surface area contributed by atoms with Gasteiger partial charge in [-0.1, -0.05) is 35.3 Å². The summed E-state index contributed by atoms with van der Waals surface area (Å²) in [4.78, 5) is 23.2. The van der Waals surface area contributed by atoms with Crippen LogP contribution in [0.4, 0.5) is 17.1 Å². The zero-order valence-electron chi connectivity index (χ0n) is 17.5. The van der Waals surface area contributed by atoms with Gasteiger partial charge < -0.3 is 25.4 Å². The van der Waals surface area contributed by atoms with Gasteiger partial charge in [0.2, 0.25) is 5.91 Å². The van der Waals surface area contributed by atoms with Crippen molar-refractivity contribution >= 4 is 69.5 Å². The summed E-state index contributed by atoms with van der Waals surface area (Å²) in [5, 5.41) is 9.34. The summed E-state index contributed by atoms with van der Waals surface area (Å²) in [6, 6.07) is 10.2. The van der Waals surface area contributed by atoms with Crippen molar-refractivity contribution in [3.8, 4) is 5.75 Å². The number of thiocarbonyl (C=S) groups is 1. The van der Waals surface area contributed by atoms with Gasteiger partial charge in [-0.2, -0.15) is 0 Å². The molecule has 31 heavy (non-hydrogen) atoms. The van der Waals surface area contributed by atoms with Crippen LogP contribution in [0.1, 0.15) is 27.7 Å². The molecule has 2 rings (SSSR count). The van der Waals surface area contributed by atoms with Crippen LogP contribution in [0.5, 0.6) is 5.75 Å². The Morgan fingerprint density at radius 2 is 1.55 bits per heavy atom. The molecule has 0 unspecified atom stereocenters. The van der Waals surface area contributed by atoms with Gasteiger partial charge in [-0.15, -0.1) is 0 Å². The lowest BCUT2D eigenvalue weighted by molar-refractivity contribution is -0.157. The zero-order chi connectivity index (χ0) is 23.2. The van der Waals surface area contributed by atoms with E-state index in [4.69, 9.17) is 44.9 Å². The lowest BCUT2D eigenvalue weighted by atomic mass is 10.2. The summed E-state index contributed by atoms with van der Waals surface area (Å²) in [5.74, 6) is -0.576. The van der Waals surface area contributed by atoms with Crippen molar-refractivity contribution in [2.45, 2.75) is 33.3 Å². The predicted octanol–water partition coefficient (Wildman–Crippen LogP) is 5.48. The Kier molecular flexibility index (Phi) is 8.50. The molecule has 0 aromatic heterocycles. The Balaban J connectivity index is 2.04. The van der Waals surface area contributed by atoms with Gasteiger partial charge in [0, 0.05) is 12.6 Å². The molecule has 0 aliphatic heterocycles. The third-order valence-electron chi connectivity index (χ3n) is 3.50. The number of anilines is 3. The minimum atomic E-state index is -0.622. The first-order valence-electron chi connectivity index (χ1n) is 9.23. The molecule has 2 aromatic rings. The van der Waals surface area contributed by atoms with Crippen LogP contribution in [-0.2, 0) is 14.3 Å². The van der Waals surface area contributed by atoms with E-state index in [1.807, 2.05) is 0 Å². The maximum Gasteiger partial charge on any atom is 0.344 e. The number of para-hydroxylation sites is 2. The van der Waals surface area contributed by atoms with Crippen LogP contribution in [-0.4, -0.2) is 29.2 Å². The van der Waals surface area contributed by atoms with Crippen molar-refractivity contribution in [1.82, 2.24) is 0 Å². The number of nitrogens with one attached hydrogen (secondary N) is 3. The first kappa shape index (κ1) is 24.7. The molecule has 10 heteroatoms. The number of hydrogen-bond acceptors (Lipinski definition) is 5. The molecule has 3 N–H and O–H groups in total. The van der Waals surface area contributed by atoms with Crippen LogP contribution in [0.2, 0.25) is 10.0 Å². The zero-order valence-corrected chi connectivity index (χ0v) is 19.8. The lowest BCUT2D eigenvalue weighted by Gasteiger charge is -2.20. The molecule has 0 saturated carbocycles. The summed E-state index contributed by atoms with van der Waals surface area (Å²) in [6.07, 6.45) is 0. The van der Waals surface area contributed by atoms with Gasteiger partial charge in [-0.25, -0.2) is 4.79 Å². The molecule has 0 aliphatic carbocycles. The number of ether oxygens (including phenoxy) is 2. The Labute approximate surface area is 196 Å².